The van der Waals surface area contributed by atoms with Crippen LogP contribution >= 0.6 is 0 Å². The molecule has 1 amide bonds. The van der Waals surface area contributed by atoms with Crippen LogP contribution in [0.15, 0.2) is 29.2 Å². The highest BCUT2D eigenvalue weighted by Crippen LogP contribution is 2.26. The lowest BCUT2D eigenvalue weighted by atomic mass is 9.96. The van der Waals surface area contributed by atoms with Crippen molar-refractivity contribution in [2.45, 2.75) is 69.2 Å². The van der Waals surface area contributed by atoms with Gasteiger partial charge in [0.25, 0.3) is 5.91 Å². The molecule has 2 rings (SSSR count). The monoisotopic (exact) mass is 366 g/mol. The molecule has 0 unspecified atom stereocenters. The van der Waals surface area contributed by atoms with Crippen molar-refractivity contribution in [3.63, 3.8) is 0 Å². The van der Waals surface area contributed by atoms with Gasteiger partial charge in [0.15, 0.2) is 0 Å². The van der Waals surface area contributed by atoms with Gasteiger partial charge in [0, 0.05) is 25.2 Å². The summed E-state index contributed by atoms with van der Waals surface area (Å²) in [6.07, 6.45) is 8.36. The van der Waals surface area contributed by atoms with Gasteiger partial charge in [-0.2, -0.15) is 4.31 Å². The summed E-state index contributed by atoms with van der Waals surface area (Å²) in [4.78, 5) is 12.3. The molecule has 0 heterocycles. The molecule has 140 valence electrons. The van der Waals surface area contributed by atoms with Crippen molar-refractivity contribution in [1.29, 1.82) is 0 Å². The molecule has 1 aliphatic carbocycles. The molecule has 0 atom stereocenters. The van der Waals surface area contributed by atoms with E-state index in [1.54, 1.807) is 19.2 Å². The molecule has 5 nitrogen and oxygen atoms in total. The van der Waals surface area contributed by atoms with E-state index in [0.29, 0.717) is 12.1 Å². The van der Waals surface area contributed by atoms with Crippen molar-refractivity contribution < 1.29 is 13.2 Å². The molecule has 1 saturated carbocycles. The normalized spacial score (nSPS) is 16.1. The van der Waals surface area contributed by atoms with E-state index < -0.39 is 10.0 Å². The minimum atomic E-state index is -3.50. The van der Waals surface area contributed by atoms with Gasteiger partial charge in [0.1, 0.15) is 0 Å². The van der Waals surface area contributed by atoms with E-state index >= 15 is 0 Å². The topological polar surface area (TPSA) is 66.5 Å². The van der Waals surface area contributed by atoms with Crippen LogP contribution in [0.5, 0.6) is 0 Å². The van der Waals surface area contributed by atoms with E-state index in [4.69, 9.17) is 0 Å². The molecular weight excluding hydrogens is 336 g/mol. The van der Waals surface area contributed by atoms with Crippen LogP contribution in [-0.2, 0) is 10.0 Å². The maximum absolute atomic E-state index is 12.8. The van der Waals surface area contributed by atoms with Crippen LogP contribution in [0.1, 0.15) is 68.6 Å². The summed E-state index contributed by atoms with van der Waals surface area (Å²) in [5.41, 5.74) is 0.496. The van der Waals surface area contributed by atoms with E-state index in [1.165, 1.54) is 22.9 Å². The Kier molecular flexibility index (Phi) is 7.44. The lowest BCUT2D eigenvalue weighted by Gasteiger charge is -2.30. The molecule has 1 aliphatic rings. The fraction of sp³-hybridized carbons (Fsp3) is 0.632. The average Bonchev–Trinajstić information content (AvgIpc) is 2.65. The summed E-state index contributed by atoms with van der Waals surface area (Å²) in [6, 6.07) is 6.35. The molecule has 0 saturated heterocycles. The fourth-order valence-electron chi connectivity index (χ4n) is 3.26. The number of benzene rings is 1. The molecular formula is C19H30N2O3S. The third kappa shape index (κ3) is 5.28. The minimum Gasteiger partial charge on any atom is -0.352 e. The lowest BCUT2D eigenvalue weighted by molar-refractivity contribution is 0.0953. The first kappa shape index (κ1) is 19.9. The summed E-state index contributed by atoms with van der Waals surface area (Å²) in [5, 5.41) is 2.87. The number of carbonyl (C=O) groups is 1. The maximum atomic E-state index is 12.8. The number of rotatable bonds is 8. The zero-order valence-electron chi connectivity index (χ0n) is 15.3. The Hall–Kier alpha value is -1.40. The van der Waals surface area contributed by atoms with Crippen molar-refractivity contribution >= 4 is 15.9 Å². The van der Waals surface area contributed by atoms with Crippen LogP contribution in [0.3, 0.4) is 0 Å². The summed E-state index contributed by atoms with van der Waals surface area (Å²) in [7, 11) is -1.84. The van der Waals surface area contributed by atoms with Crippen LogP contribution in [-0.4, -0.2) is 38.3 Å². The van der Waals surface area contributed by atoms with Gasteiger partial charge in [-0.3, -0.25) is 4.79 Å². The zero-order chi connectivity index (χ0) is 18.3. The van der Waals surface area contributed by atoms with E-state index in [2.05, 4.69) is 12.2 Å². The number of hydrogen-bond donors (Lipinski definition) is 1. The molecule has 0 radical (unpaired) electrons. The second-order valence-electron chi connectivity index (χ2n) is 6.80. The number of amides is 1. The van der Waals surface area contributed by atoms with Crippen molar-refractivity contribution in [2.24, 2.45) is 0 Å². The summed E-state index contributed by atoms with van der Waals surface area (Å²) < 4.78 is 27.1. The highest BCUT2D eigenvalue weighted by molar-refractivity contribution is 7.89. The van der Waals surface area contributed by atoms with E-state index in [9.17, 15) is 13.2 Å². The van der Waals surface area contributed by atoms with Gasteiger partial charge in [0.2, 0.25) is 10.0 Å². The molecule has 1 aromatic rings. The van der Waals surface area contributed by atoms with Gasteiger partial charge in [-0.25, -0.2) is 8.42 Å². The Morgan fingerprint density at radius 3 is 2.36 bits per heavy atom. The van der Waals surface area contributed by atoms with Crippen LogP contribution in [0, 0.1) is 0 Å². The Morgan fingerprint density at radius 1 is 1.12 bits per heavy atom. The van der Waals surface area contributed by atoms with Gasteiger partial charge in [0.05, 0.1) is 4.90 Å². The number of nitrogens with zero attached hydrogens (tertiary/aromatic N) is 1. The van der Waals surface area contributed by atoms with Gasteiger partial charge >= 0.3 is 0 Å². The van der Waals surface area contributed by atoms with Crippen LogP contribution in [0.25, 0.3) is 0 Å². The Balaban J connectivity index is 2.01. The summed E-state index contributed by atoms with van der Waals surface area (Å²) in [5.74, 6) is -0.152. The zero-order valence-corrected chi connectivity index (χ0v) is 16.1. The van der Waals surface area contributed by atoms with Gasteiger partial charge in [-0.15, -0.1) is 0 Å². The predicted molar refractivity (Wildman–Crippen MR) is 100 cm³/mol. The Bertz CT molecular complexity index is 650. The number of carbonyl (C=O) groups excluding carboxylic acids is 1. The molecule has 6 heteroatoms. The van der Waals surface area contributed by atoms with E-state index in [0.717, 1.165) is 44.9 Å². The first-order valence-corrected chi connectivity index (χ1v) is 10.8. The molecule has 25 heavy (non-hydrogen) atoms. The van der Waals surface area contributed by atoms with Crippen LogP contribution in [0.2, 0.25) is 0 Å². The van der Waals surface area contributed by atoms with Crippen molar-refractivity contribution in [2.75, 3.05) is 13.6 Å². The molecule has 1 N–H and O–H groups in total. The number of sulfonamides is 1. The SMILES string of the molecule is CCCCCNC(=O)c1ccc(S(=O)(=O)N(C)C2CCCCC2)cc1. The van der Waals surface area contributed by atoms with Crippen molar-refractivity contribution in [1.82, 2.24) is 9.62 Å². The predicted octanol–water partition coefficient (Wildman–Crippen LogP) is 3.56. The lowest BCUT2D eigenvalue weighted by Crippen LogP contribution is -2.38. The second-order valence-corrected chi connectivity index (χ2v) is 8.80. The number of nitrogens with one attached hydrogen (secondary N) is 1. The largest absolute Gasteiger partial charge is 0.352 e. The summed E-state index contributed by atoms with van der Waals surface area (Å²) >= 11 is 0. The van der Waals surface area contributed by atoms with E-state index in [-0.39, 0.29) is 16.8 Å². The summed E-state index contributed by atoms with van der Waals surface area (Å²) in [6.45, 7) is 2.77. The van der Waals surface area contributed by atoms with Crippen LogP contribution < -0.4 is 5.32 Å². The quantitative estimate of drug-likeness (QED) is 0.715. The van der Waals surface area contributed by atoms with E-state index in [1.807, 2.05) is 0 Å². The molecule has 1 aromatic carbocycles. The molecule has 0 spiro atoms. The van der Waals surface area contributed by atoms with Gasteiger partial charge in [-0.05, 0) is 43.5 Å². The van der Waals surface area contributed by atoms with Gasteiger partial charge in [-0.1, -0.05) is 39.0 Å². The van der Waals surface area contributed by atoms with Gasteiger partial charge < -0.3 is 5.32 Å². The third-order valence-corrected chi connectivity index (χ3v) is 6.87. The first-order chi connectivity index (χ1) is 12.0. The Morgan fingerprint density at radius 2 is 1.76 bits per heavy atom. The smallest absolute Gasteiger partial charge is 0.251 e. The fourth-order valence-corrected chi connectivity index (χ4v) is 4.68. The number of unbranched alkanes of at least 4 members (excludes halogenated alkanes) is 2. The molecule has 0 bridgehead atoms. The first-order valence-electron chi connectivity index (χ1n) is 9.33. The average molecular weight is 367 g/mol. The highest BCUT2D eigenvalue weighted by Gasteiger charge is 2.29. The molecule has 0 aromatic heterocycles. The highest BCUT2D eigenvalue weighted by atomic mass is 32.2. The molecule has 1 fully saturated rings. The van der Waals surface area contributed by atoms with Crippen molar-refractivity contribution in [3.05, 3.63) is 29.8 Å². The number of hydrogen-bond acceptors (Lipinski definition) is 3. The van der Waals surface area contributed by atoms with Crippen molar-refractivity contribution in [3.8, 4) is 0 Å². The maximum Gasteiger partial charge on any atom is 0.251 e. The standard InChI is InChI=1S/C19H30N2O3S/c1-3-4-8-15-20-19(22)16-11-13-18(14-12-16)25(23,24)21(2)17-9-6-5-7-10-17/h11-14,17H,3-10,15H2,1-2H3,(H,20,22). The Labute approximate surface area is 151 Å². The minimum absolute atomic E-state index is 0.0836. The molecule has 0 aliphatic heterocycles. The second kappa shape index (κ2) is 9.34. The third-order valence-electron chi connectivity index (χ3n) is 4.95. The van der Waals surface area contributed by atoms with Crippen LogP contribution in [0.4, 0.5) is 0 Å².